The molecule has 1 aliphatic rings. The van der Waals surface area contributed by atoms with Gasteiger partial charge in [0.15, 0.2) is 17.2 Å². The van der Waals surface area contributed by atoms with Gasteiger partial charge in [0.25, 0.3) is 0 Å². The minimum Gasteiger partial charge on any atom is -0.453 e. The molecule has 42 heavy (non-hydrogen) atoms. The number of fused-ring (bicyclic) bond motifs is 1. The van der Waals surface area contributed by atoms with Crippen LogP contribution in [0.5, 0.6) is 11.5 Å². The molecule has 5 aromatic rings. The van der Waals surface area contributed by atoms with Crippen LogP contribution in [-0.2, 0) is 9.59 Å². The molecule has 0 unspecified atom stereocenters. The predicted octanol–water partition coefficient (Wildman–Crippen LogP) is 4.72. The van der Waals surface area contributed by atoms with Crippen LogP contribution in [0.25, 0.3) is 22.3 Å². The van der Waals surface area contributed by atoms with E-state index in [0.29, 0.717) is 27.9 Å². The summed E-state index contributed by atoms with van der Waals surface area (Å²) in [6.07, 6.45) is 1.99. The fourth-order valence-electron chi connectivity index (χ4n) is 4.72. The summed E-state index contributed by atoms with van der Waals surface area (Å²) >= 11 is 0. The number of hydrogen-bond acceptors (Lipinski definition) is 6. The number of nitrogens with zero attached hydrogens (tertiary/aromatic N) is 3. The van der Waals surface area contributed by atoms with Gasteiger partial charge in [0.1, 0.15) is 22.7 Å². The summed E-state index contributed by atoms with van der Waals surface area (Å²) in [4.78, 5) is 42.5. The lowest BCUT2D eigenvalue weighted by Crippen LogP contribution is -2.41. The minimum atomic E-state index is -1.41. The average molecular weight is 569 g/mol. The summed E-state index contributed by atoms with van der Waals surface area (Å²) in [5, 5.41) is 7.60. The second kappa shape index (κ2) is 10.1. The highest BCUT2D eigenvalue weighted by molar-refractivity contribution is 6.16. The topological polar surface area (TPSA) is 157 Å². The zero-order chi connectivity index (χ0) is 29.6. The molecule has 0 radical (unpaired) electrons. The molecule has 5 N–H and O–H groups in total. The van der Waals surface area contributed by atoms with Gasteiger partial charge in [-0.25, -0.2) is 13.8 Å². The Balaban J connectivity index is 1.36. The van der Waals surface area contributed by atoms with Crippen molar-refractivity contribution >= 4 is 40.1 Å². The van der Waals surface area contributed by atoms with E-state index in [0.717, 1.165) is 23.1 Å². The van der Waals surface area contributed by atoms with Crippen molar-refractivity contribution in [2.75, 3.05) is 4.90 Å². The highest BCUT2D eigenvalue weighted by Crippen LogP contribution is 2.49. The van der Waals surface area contributed by atoms with Crippen LogP contribution in [0.4, 0.5) is 20.2 Å². The van der Waals surface area contributed by atoms with Crippen LogP contribution in [0.2, 0.25) is 0 Å². The smallest absolute Gasteiger partial charge is 0.248 e. The minimum absolute atomic E-state index is 0.0994. The van der Waals surface area contributed by atoms with Gasteiger partial charge in [-0.3, -0.25) is 24.4 Å². The SMILES string of the molecule is NC(=O)c1ccc(-c2n[nH]c3nccc(Oc4ccc(N(C(=O)C5(C(N)=O)CC5)c5ccc(F)cc5)cc4F)c23)cc1. The summed E-state index contributed by atoms with van der Waals surface area (Å²) < 4.78 is 35.2. The van der Waals surface area contributed by atoms with Crippen LogP contribution < -0.4 is 21.1 Å². The molecule has 3 aromatic carbocycles. The number of H-pyrrole nitrogens is 1. The van der Waals surface area contributed by atoms with Crippen molar-refractivity contribution in [1.29, 1.82) is 0 Å². The van der Waals surface area contributed by atoms with Crippen molar-refractivity contribution in [3.05, 3.63) is 96.2 Å². The molecule has 3 amide bonds. The number of aromatic amines is 1. The van der Waals surface area contributed by atoms with E-state index in [1.165, 1.54) is 30.5 Å². The third-order valence-corrected chi connectivity index (χ3v) is 7.18. The number of primary amides is 2. The lowest BCUT2D eigenvalue weighted by molar-refractivity contribution is -0.133. The molecule has 0 aliphatic heterocycles. The molecular weight excluding hydrogens is 546 g/mol. The maximum absolute atomic E-state index is 15.6. The molecule has 210 valence electrons. The number of aromatic nitrogens is 3. The Morgan fingerprint density at radius 1 is 0.881 bits per heavy atom. The van der Waals surface area contributed by atoms with Crippen LogP contribution in [0.15, 0.2) is 79.0 Å². The predicted molar refractivity (Wildman–Crippen MR) is 149 cm³/mol. The number of nitrogens with two attached hydrogens (primary N) is 2. The first-order chi connectivity index (χ1) is 20.2. The van der Waals surface area contributed by atoms with E-state index < -0.39 is 34.8 Å². The zero-order valence-corrected chi connectivity index (χ0v) is 21.8. The van der Waals surface area contributed by atoms with Crippen molar-refractivity contribution in [3.8, 4) is 22.8 Å². The summed E-state index contributed by atoms with van der Waals surface area (Å²) in [6, 6.07) is 16.9. The number of benzene rings is 3. The molecule has 2 heterocycles. The van der Waals surface area contributed by atoms with E-state index in [1.807, 2.05) is 0 Å². The van der Waals surface area contributed by atoms with Crippen LogP contribution >= 0.6 is 0 Å². The van der Waals surface area contributed by atoms with Crippen molar-refractivity contribution in [2.45, 2.75) is 12.8 Å². The molecule has 0 bridgehead atoms. The summed E-state index contributed by atoms with van der Waals surface area (Å²) in [5.74, 6) is -3.23. The van der Waals surface area contributed by atoms with Crippen LogP contribution in [0.3, 0.4) is 0 Å². The van der Waals surface area contributed by atoms with Crippen LogP contribution in [-0.4, -0.2) is 32.9 Å². The van der Waals surface area contributed by atoms with Gasteiger partial charge in [-0.05, 0) is 67.4 Å². The average Bonchev–Trinajstić information content (AvgIpc) is 3.69. The Bertz CT molecular complexity index is 1870. The second-order valence-corrected chi connectivity index (χ2v) is 9.83. The normalized spacial score (nSPS) is 13.5. The van der Waals surface area contributed by atoms with Gasteiger partial charge in [0, 0.05) is 29.1 Å². The molecule has 0 saturated heterocycles. The largest absolute Gasteiger partial charge is 0.453 e. The Labute approximate surface area is 236 Å². The van der Waals surface area contributed by atoms with Gasteiger partial charge >= 0.3 is 0 Å². The molecule has 0 atom stereocenters. The quantitative estimate of drug-likeness (QED) is 0.230. The number of nitrogens with one attached hydrogen (secondary N) is 1. The Hall–Kier alpha value is -5.65. The monoisotopic (exact) mass is 568 g/mol. The van der Waals surface area contributed by atoms with Gasteiger partial charge in [-0.15, -0.1) is 0 Å². The Morgan fingerprint density at radius 3 is 2.19 bits per heavy atom. The molecular formula is C30H22F2N6O4. The lowest BCUT2D eigenvalue weighted by atomic mass is 10.0. The third kappa shape index (κ3) is 4.58. The number of carbonyl (C=O) groups excluding carboxylic acids is 3. The van der Waals surface area contributed by atoms with Crippen LogP contribution in [0.1, 0.15) is 23.2 Å². The number of anilines is 2. The number of ether oxygens (including phenoxy) is 1. The Kier molecular flexibility index (Phi) is 6.37. The van der Waals surface area contributed by atoms with Gasteiger partial charge in [0.2, 0.25) is 17.7 Å². The number of hydrogen-bond donors (Lipinski definition) is 3. The zero-order valence-electron chi connectivity index (χ0n) is 21.8. The number of rotatable bonds is 8. The molecule has 12 heteroatoms. The number of pyridine rings is 1. The summed E-state index contributed by atoms with van der Waals surface area (Å²) in [7, 11) is 0. The first-order valence-electron chi connectivity index (χ1n) is 12.8. The van der Waals surface area contributed by atoms with Crippen molar-refractivity contribution < 1.29 is 27.9 Å². The fourth-order valence-corrected chi connectivity index (χ4v) is 4.72. The third-order valence-electron chi connectivity index (χ3n) is 7.18. The first-order valence-corrected chi connectivity index (χ1v) is 12.8. The van der Waals surface area contributed by atoms with Gasteiger partial charge in [-0.2, -0.15) is 5.10 Å². The second-order valence-electron chi connectivity index (χ2n) is 9.83. The van der Waals surface area contributed by atoms with E-state index in [1.54, 1.807) is 30.3 Å². The van der Waals surface area contributed by atoms with Crippen molar-refractivity contribution in [2.24, 2.45) is 16.9 Å². The van der Waals surface area contributed by atoms with Gasteiger partial charge in [0.05, 0.1) is 11.1 Å². The summed E-state index contributed by atoms with van der Waals surface area (Å²) in [5.41, 5.74) is 11.6. The molecule has 10 nitrogen and oxygen atoms in total. The maximum Gasteiger partial charge on any atom is 0.248 e. The molecule has 2 aromatic heterocycles. The highest BCUT2D eigenvalue weighted by Gasteiger charge is 2.57. The first kappa shape index (κ1) is 26.6. The fraction of sp³-hybridized carbons (Fsp3) is 0.100. The van der Waals surface area contributed by atoms with E-state index in [9.17, 15) is 18.8 Å². The molecule has 0 spiro atoms. The molecule has 1 saturated carbocycles. The van der Waals surface area contributed by atoms with Gasteiger partial charge in [-0.1, -0.05) is 12.1 Å². The Morgan fingerprint density at radius 2 is 1.57 bits per heavy atom. The number of carbonyl (C=O) groups is 3. The standard InChI is InChI=1S/C30H22F2N6O4/c31-18-5-7-19(8-6-18)38(29(41)30(12-13-30)28(34)40)20-9-10-22(21(32)15-20)42-23-11-14-35-27-24(23)25(36-37-27)16-1-3-17(4-2-16)26(33)39/h1-11,14-15H,12-13H2,(H2,33,39)(H2,34,40)(H,35,36,37). The van der Waals surface area contributed by atoms with E-state index in [-0.39, 0.29) is 35.7 Å². The number of amides is 3. The highest BCUT2D eigenvalue weighted by atomic mass is 19.1. The van der Waals surface area contributed by atoms with E-state index in [4.69, 9.17) is 16.2 Å². The van der Waals surface area contributed by atoms with E-state index in [2.05, 4.69) is 15.2 Å². The molecule has 6 rings (SSSR count). The number of halogens is 2. The van der Waals surface area contributed by atoms with Crippen molar-refractivity contribution in [3.63, 3.8) is 0 Å². The molecule has 1 aliphatic carbocycles. The van der Waals surface area contributed by atoms with Gasteiger partial charge < -0.3 is 16.2 Å². The maximum atomic E-state index is 15.6. The van der Waals surface area contributed by atoms with Crippen molar-refractivity contribution in [1.82, 2.24) is 15.2 Å². The van der Waals surface area contributed by atoms with Crippen LogP contribution in [0, 0.1) is 17.0 Å². The lowest BCUT2D eigenvalue weighted by Gasteiger charge is -2.26. The molecule has 1 fully saturated rings. The van der Waals surface area contributed by atoms with E-state index >= 15 is 4.39 Å². The summed E-state index contributed by atoms with van der Waals surface area (Å²) in [6.45, 7) is 0.